The molecule has 1 saturated heterocycles. The van der Waals surface area contributed by atoms with Gasteiger partial charge in [0.25, 0.3) is 0 Å². The Balaban J connectivity index is 2.04. The van der Waals surface area contributed by atoms with Gasteiger partial charge in [0.1, 0.15) is 6.54 Å². The standard InChI is InChI=1S/C18H25N3O4/c1-4-19-9-11-20(12-10-19)17(23)13-21(14(2)22)16-7-5-15(6-8-16)18(24)25-3/h5-8H,4,9-13H2,1-3H3. The second-order valence-corrected chi connectivity index (χ2v) is 5.96. The summed E-state index contributed by atoms with van der Waals surface area (Å²) >= 11 is 0. The minimum absolute atomic E-state index is 0.000963. The summed E-state index contributed by atoms with van der Waals surface area (Å²) in [5, 5.41) is 0. The number of carbonyl (C=O) groups excluding carboxylic acids is 3. The number of likely N-dealkylation sites (N-methyl/N-ethyl adjacent to an activating group) is 1. The Kier molecular flexibility index (Phi) is 6.52. The summed E-state index contributed by atoms with van der Waals surface area (Å²) in [7, 11) is 1.31. The lowest BCUT2D eigenvalue weighted by molar-refractivity contribution is -0.132. The Bertz CT molecular complexity index is 622. The van der Waals surface area contributed by atoms with Crippen LogP contribution in [0.25, 0.3) is 0 Å². The van der Waals surface area contributed by atoms with E-state index in [1.54, 1.807) is 29.2 Å². The summed E-state index contributed by atoms with van der Waals surface area (Å²) in [5.41, 5.74) is 0.984. The van der Waals surface area contributed by atoms with E-state index >= 15 is 0 Å². The third-order valence-corrected chi connectivity index (χ3v) is 4.45. The molecule has 2 rings (SSSR count). The first-order valence-electron chi connectivity index (χ1n) is 8.42. The van der Waals surface area contributed by atoms with Gasteiger partial charge >= 0.3 is 5.97 Å². The van der Waals surface area contributed by atoms with Gasteiger partial charge in [0.15, 0.2) is 0 Å². The highest BCUT2D eigenvalue weighted by Gasteiger charge is 2.24. The van der Waals surface area contributed by atoms with E-state index in [1.165, 1.54) is 18.9 Å². The number of hydrogen-bond acceptors (Lipinski definition) is 5. The van der Waals surface area contributed by atoms with Crippen LogP contribution in [0.15, 0.2) is 24.3 Å². The average Bonchev–Trinajstić information content (AvgIpc) is 2.65. The summed E-state index contributed by atoms with van der Waals surface area (Å²) in [6, 6.07) is 6.47. The van der Waals surface area contributed by atoms with Crippen molar-refractivity contribution >= 4 is 23.5 Å². The quantitative estimate of drug-likeness (QED) is 0.743. The van der Waals surface area contributed by atoms with E-state index in [0.717, 1.165) is 19.6 Å². The first-order valence-corrected chi connectivity index (χ1v) is 8.42. The first kappa shape index (κ1) is 18.9. The molecule has 1 heterocycles. The van der Waals surface area contributed by atoms with Crippen LogP contribution < -0.4 is 4.90 Å². The minimum atomic E-state index is -0.439. The van der Waals surface area contributed by atoms with Crippen molar-refractivity contribution in [3.8, 4) is 0 Å². The molecule has 0 bridgehead atoms. The van der Waals surface area contributed by atoms with E-state index < -0.39 is 5.97 Å². The van der Waals surface area contributed by atoms with Gasteiger partial charge in [0.2, 0.25) is 11.8 Å². The number of rotatable bonds is 5. The van der Waals surface area contributed by atoms with E-state index in [9.17, 15) is 14.4 Å². The van der Waals surface area contributed by atoms with Crippen LogP contribution >= 0.6 is 0 Å². The van der Waals surface area contributed by atoms with E-state index in [4.69, 9.17) is 0 Å². The number of ether oxygens (including phenoxy) is 1. The molecule has 2 amide bonds. The van der Waals surface area contributed by atoms with Crippen LogP contribution in [0.1, 0.15) is 24.2 Å². The Morgan fingerprint density at radius 2 is 1.68 bits per heavy atom. The highest BCUT2D eigenvalue weighted by Crippen LogP contribution is 2.17. The van der Waals surface area contributed by atoms with Gasteiger partial charge in [-0.05, 0) is 30.8 Å². The van der Waals surface area contributed by atoms with Crippen LogP contribution in [0.5, 0.6) is 0 Å². The van der Waals surface area contributed by atoms with Crippen LogP contribution in [0.3, 0.4) is 0 Å². The minimum Gasteiger partial charge on any atom is -0.465 e. The van der Waals surface area contributed by atoms with Crippen molar-refractivity contribution in [1.82, 2.24) is 9.80 Å². The molecule has 1 aliphatic rings. The largest absolute Gasteiger partial charge is 0.465 e. The first-order chi connectivity index (χ1) is 12.0. The molecule has 0 aliphatic carbocycles. The molecular formula is C18H25N3O4. The second kappa shape index (κ2) is 8.62. The number of esters is 1. The Morgan fingerprint density at radius 3 is 2.16 bits per heavy atom. The predicted molar refractivity (Wildman–Crippen MR) is 94.5 cm³/mol. The maximum absolute atomic E-state index is 12.5. The molecule has 25 heavy (non-hydrogen) atoms. The number of anilines is 1. The van der Waals surface area contributed by atoms with Crippen LogP contribution in [0.4, 0.5) is 5.69 Å². The molecule has 7 nitrogen and oxygen atoms in total. The average molecular weight is 347 g/mol. The Labute approximate surface area is 148 Å². The molecule has 1 fully saturated rings. The van der Waals surface area contributed by atoms with Crippen LogP contribution in [-0.4, -0.2) is 74.0 Å². The van der Waals surface area contributed by atoms with Crippen LogP contribution in [-0.2, 0) is 14.3 Å². The van der Waals surface area contributed by atoms with E-state index in [1.807, 2.05) is 0 Å². The molecule has 0 aromatic heterocycles. The van der Waals surface area contributed by atoms with Gasteiger partial charge in [-0.2, -0.15) is 0 Å². The topological polar surface area (TPSA) is 70.2 Å². The fraction of sp³-hybridized carbons (Fsp3) is 0.500. The fourth-order valence-corrected chi connectivity index (χ4v) is 2.83. The van der Waals surface area contributed by atoms with Crippen molar-refractivity contribution in [1.29, 1.82) is 0 Å². The summed E-state index contributed by atoms with van der Waals surface area (Å²) in [4.78, 5) is 41.5. The van der Waals surface area contributed by atoms with Crippen molar-refractivity contribution in [2.24, 2.45) is 0 Å². The fourth-order valence-electron chi connectivity index (χ4n) is 2.83. The zero-order chi connectivity index (χ0) is 18.4. The van der Waals surface area contributed by atoms with Gasteiger partial charge in [-0.3, -0.25) is 9.59 Å². The molecule has 0 saturated carbocycles. The van der Waals surface area contributed by atoms with E-state index in [-0.39, 0.29) is 18.4 Å². The third-order valence-electron chi connectivity index (χ3n) is 4.45. The van der Waals surface area contributed by atoms with Crippen molar-refractivity contribution in [2.75, 3.05) is 51.3 Å². The monoisotopic (exact) mass is 347 g/mol. The number of nitrogens with zero attached hydrogens (tertiary/aromatic N) is 3. The SMILES string of the molecule is CCN1CCN(C(=O)CN(C(C)=O)c2ccc(C(=O)OC)cc2)CC1. The molecule has 136 valence electrons. The number of methoxy groups -OCH3 is 1. The van der Waals surface area contributed by atoms with Gasteiger partial charge in [-0.25, -0.2) is 4.79 Å². The maximum Gasteiger partial charge on any atom is 0.337 e. The summed E-state index contributed by atoms with van der Waals surface area (Å²) in [6.45, 7) is 7.59. The molecule has 0 unspecified atom stereocenters. The molecule has 0 atom stereocenters. The molecule has 1 aromatic rings. The van der Waals surface area contributed by atoms with Crippen molar-refractivity contribution in [2.45, 2.75) is 13.8 Å². The summed E-state index contributed by atoms with van der Waals surface area (Å²) in [6.07, 6.45) is 0. The number of piperazine rings is 1. The van der Waals surface area contributed by atoms with E-state index in [0.29, 0.717) is 24.3 Å². The lowest BCUT2D eigenvalue weighted by atomic mass is 10.2. The van der Waals surface area contributed by atoms with Gasteiger partial charge in [0, 0.05) is 38.8 Å². The normalized spacial score (nSPS) is 14.9. The smallest absolute Gasteiger partial charge is 0.337 e. The highest BCUT2D eigenvalue weighted by molar-refractivity contribution is 5.98. The lowest BCUT2D eigenvalue weighted by Crippen LogP contribution is -2.51. The van der Waals surface area contributed by atoms with Gasteiger partial charge in [-0.1, -0.05) is 6.92 Å². The lowest BCUT2D eigenvalue weighted by Gasteiger charge is -2.35. The molecule has 0 radical (unpaired) electrons. The molecule has 1 aromatic carbocycles. The van der Waals surface area contributed by atoms with Gasteiger partial charge < -0.3 is 19.4 Å². The second-order valence-electron chi connectivity index (χ2n) is 5.96. The summed E-state index contributed by atoms with van der Waals surface area (Å²) in [5.74, 6) is -0.722. The molecular weight excluding hydrogens is 322 g/mol. The van der Waals surface area contributed by atoms with Crippen molar-refractivity contribution in [3.05, 3.63) is 29.8 Å². The number of hydrogen-bond donors (Lipinski definition) is 0. The Morgan fingerprint density at radius 1 is 1.08 bits per heavy atom. The molecule has 7 heteroatoms. The third kappa shape index (κ3) is 4.79. The zero-order valence-electron chi connectivity index (χ0n) is 15.0. The number of benzene rings is 1. The number of amides is 2. The Hall–Kier alpha value is -2.41. The van der Waals surface area contributed by atoms with Crippen LogP contribution in [0, 0.1) is 0 Å². The maximum atomic E-state index is 12.5. The van der Waals surface area contributed by atoms with Crippen LogP contribution in [0.2, 0.25) is 0 Å². The molecule has 1 aliphatic heterocycles. The zero-order valence-corrected chi connectivity index (χ0v) is 15.0. The van der Waals surface area contributed by atoms with E-state index in [2.05, 4.69) is 16.6 Å². The molecule has 0 N–H and O–H groups in total. The number of carbonyl (C=O) groups is 3. The van der Waals surface area contributed by atoms with Gasteiger partial charge in [-0.15, -0.1) is 0 Å². The predicted octanol–water partition coefficient (Wildman–Crippen LogP) is 0.990. The van der Waals surface area contributed by atoms with Gasteiger partial charge in [0.05, 0.1) is 12.7 Å². The highest BCUT2D eigenvalue weighted by atomic mass is 16.5. The van der Waals surface area contributed by atoms with Crippen molar-refractivity contribution < 1.29 is 19.1 Å². The summed E-state index contributed by atoms with van der Waals surface area (Å²) < 4.78 is 4.66. The molecule has 0 spiro atoms. The van der Waals surface area contributed by atoms with Crippen molar-refractivity contribution in [3.63, 3.8) is 0 Å².